The summed E-state index contributed by atoms with van der Waals surface area (Å²) >= 11 is 7.11. The van der Waals surface area contributed by atoms with E-state index in [0.29, 0.717) is 42.5 Å². The minimum Gasteiger partial charge on any atom is -0.487 e. The summed E-state index contributed by atoms with van der Waals surface area (Å²) in [6, 6.07) is 26.7. The molecule has 0 aliphatic heterocycles. The molecule has 0 saturated heterocycles. The molecule has 0 atom stereocenters. The Labute approximate surface area is 249 Å². The molecular formula is C31H19Br2N3O5. The molecule has 41 heavy (non-hydrogen) atoms. The van der Waals surface area contributed by atoms with Crippen LogP contribution < -0.4 is 10.3 Å². The molecule has 2 aromatic heterocycles. The zero-order chi connectivity index (χ0) is 28.5. The van der Waals surface area contributed by atoms with E-state index in [1.54, 1.807) is 36.5 Å². The number of rotatable bonds is 7. The smallest absolute Gasteiger partial charge is 0.335 e. The first-order valence-corrected chi connectivity index (χ1v) is 13.9. The first-order chi connectivity index (χ1) is 19.9. The van der Waals surface area contributed by atoms with Crippen molar-refractivity contribution in [1.29, 1.82) is 0 Å². The van der Waals surface area contributed by atoms with Crippen LogP contribution in [0.3, 0.4) is 0 Å². The second-order valence-corrected chi connectivity index (χ2v) is 10.8. The fourth-order valence-corrected chi connectivity index (χ4v) is 5.75. The summed E-state index contributed by atoms with van der Waals surface area (Å²) in [7, 11) is 0. The highest BCUT2D eigenvalue weighted by Gasteiger charge is 2.17. The van der Waals surface area contributed by atoms with Crippen molar-refractivity contribution in [2.75, 3.05) is 0 Å². The van der Waals surface area contributed by atoms with Crippen molar-refractivity contribution in [1.82, 2.24) is 9.66 Å². The number of fused-ring (bicyclic) bond motifs is 2. The largest absolute Gasteiger partial charge is 0.487 e. The molecule has 0 unspecified atom stereocenters. The summed E-state index contributed by atoms with van der Waals surface area (Å²) in [5, 5.41) is 14.9. The van der Waals surface area contributed by atoms with E-state index in [2.05, 4.69) is 37.0 Å². The maximum Gasteiger partial charge on any atom is 0.335 e. The van der Waals surface area contributed by atoms with Gasteiger partial charge in [0, 0.05) is 5.39 Å². The average Bonchev–Trinajstić information content (AvgIpc) is 3.41. The van der Waals surface area contributed by atoms with E-state index in [1.807, 2.05) is 48.5 Å². The van der Waals surface area contributed by atoms with E-state index in [4.69, 9.17) is 19.2 Å². The number of carboxylic acid groups (broad SMARTS) is 1. The number of benzene rings is 4. The van der Waals surface area contributed by atoms with E-state index in [-0.39, 0.29) is 23.6 Å². The van der Waals surface area contributed by atoms with Gasteiger partial charge in [-0.15, -0.1) is 0 Å². The molecule has 0 radical (unpaired) electrons. The summed E-state index contributed by atoms with van der Waals surface area (Å²) in [5.41, 5.74) is 2.63. The number of hydrogen-bond donors (Lipinski definition) is 1. The number of halogens is 2. The maximum atomic E-state index is 13.5. The van der Waals surface area contributed by atoms with Crippen molar-refractivity contribution in [3.8, 4) is 17.3 Å². The van der Waals surface area contributed by atoms with Gasteiger partial charge in [0.2, 0.25) is 5.82 Å². The predicted octanol–water partition coefficient (Wildman–Crippen LogP) is 7.49. The first kappa shape index (κ1) is 26.7. The van der Waals surface area contributed by atoms with Gasteiger partial charge in [0.05, 0.1) is 31.6 Å². The number of nitrogens with zero attached hydrogens (tertiary/aromatic N) is 3. The Kier molecular flexibility index (Phi) is 7.25. The first-order valence-electron chi connectivity index (χ1n) is 12.4. The van der Waals surface area contributed by atoms with Crippen LogP contribution in [0.4, 0.5) is 0 Å². The quantitative estimate of drug-likeness (QED) is 0.176. The highest BCUT2D eigenvalue weighted by atomic mass is 79.9. The molecule has 10 heteroatoms. The fourth-order valence-electron chi connectivity index (χ4n) is 4.30. The van der Waals surface area contributed by atoms with E-state index in [1.165, 1.54) is 16.8 Å². The molecule has 4 aromatic carbocycles. The molecule has 0 saturated carbocycles. The SMILES string of the molecule is O=C(O)c1ccc(COc2c(Br)cc(C=Nn3c(-c4cc5ccccc5o4)nc4ccccc4c3=O)cc2Br)cc1. The predicted molar refractivity (Wildman–Crippen MR) is 164 cm³/mol. The highest BCUT2D eigenvalue weighted by molar-refractivity contribution is 9.11. The van der Waals surface area contributed by atoms with Crippen LogP contribution in [0.5, 0.6) is 5.75 Å². The molecular weight excluding hydrogens is 654 g/mol. The number of furan rings is 1. The van der Waals surface area contributed by atoms with Gasteiger partial charge in [0.25, 0.3) is 5.56 Å². The normalized spacial score (nSPS) is 11.5. The number of carbonyl (C=O) groups is 1. The molecule has 0 spiro atoms. The Balaban J connectivity index is 1.33. The van der Waals surface area contributed by atoms with Crippen molar-refractivity contribution in [2.45, 2.75) is 6.61 Å². The van der Waals surface area contributed by atoms with Crippen LogP contribution in [-0.4, -0.2) is 27.0 Å². The number of para-hydroxylation sites is 2. The van der Waals surface area contributed by atoms with E-state index in [9.17, 15) is 9.59 Å². The maximum absolute atomic E-state index is 13.5. The second-order valence-electron chi connectivity index (χ2n) is 9.07. The van der Waals surface area contributed by atoms with Crippen LogP contribution in [0.25, 0.3) is 33.5 Å². The van der Waals surface area contributed by atoms with Crippen molar-refractivity contribution >= 4 is 65.9 Å². The Bertz CT molecular complexity index is 1970. The van der Waals surface area contributed by atoms with Crippen molar-refractivity contribution in [2.24, 2.45) is 5.10 Å². The zero-order valence-corrected chi connectivity index (χ0v) is 24.3. The molecule has 202 valence electrons. The van der Waals surface area contributed by atoms with Crippen LogP contribution >= 0.6 is 31.9 Å². The molecule has 6 rings (SSSR count). The molecule has 0 aliphatic rings. The molecule has 0 fully saturated rings. The minimum atomic E-state index is -0.980. The molecule has 2 heterocycles. The van der Waals surface area contributed by atoms with E-state index < -0.39 is 5.97 Å². The molecule has 0 bridgehead atoms. The van der Waals surface area contributed by atoms with Crippen LogP contribution in [0, 0.1) is 0 Å². The van der Waals surface area contributed by atoms with Gasteiger partial charge in [-0.05, 0) is 91.5 Å². The van der Waals surface area contributed by atoms with Gasteiger partial charge >= 0.3 is 5.97 Å². The Morgan fingerprint density at radius 1 is 0.976 bits per heavy atom. The average molecular weight is 673 g/mol. The van der Waals surface area contributed by atoms with Crippen LogP contribution in [0.15, 0.2) is 114 Å². The molecule has 1 N–H and O–H groups in total. The second kappa shape index (κ2) is 11.1. The fraction of sp³-hybridized carbons (Fsp3) is 0.0323. The summed E-state index contributed by atoms with van der Waals surface area (Å²) in [6.07, 6.45) is 1.56. The third kappa shape index (κ3) is 5.44. The van der Waals surface area contributed by atoms with Gasteiger partial charge in [-0.25, -0.2) is 9.78 Å². The van der Waals surface area contributed by atoms with Gasteiger partial charge < -0.3 is 14.3 Å². The van der Waals surface area contributed by atoms with Gasteiger partial charge in [-0.3, -0.25) is 4.79 Å². The topological polar surface area (TPSA) is 107 Å². The third-order valence-corrected chi connectivity index (χ3v) is 7.50. The molecule has 8 nitrogen and oxygen atoms in total. The van der Waals surface area contributed by atoms with Crippen LogP contribution in [0.2, 0.25) is 0 Å². The summed E-state index contributed by atoms with van der Waals surface area (Å²) in [6.45, 7) is 0.240. The molecule has 6 aromatic rings. The Morgan fingerprint density at radius 2 is 1.68 bits per heavy atom. The minimum absolute atomic E-state index is 0.212. The zero-order valence-electron chi connectivity index (χ0n) is 21.1. The molecule has 0 amide bonds. The number of aromatic carboxylic acids is 1. The highest BCUT2D eigenvalue weighted by Crippen LogP contribution is 2.35. The number of hydrogen-bond acceptors (Lipinski definition) is 6. The van der Waals surface area contributed by atoms with E-state index >= 15 is 0 Å². The lowest BCUT2D eigenvalue weighted by Crippen LogP contribution is -2.20. The van der Waals surface area contributed by atoms with Crippen molar-refractivity contribution in [3.05, 3.63) is 127 Å². The summed E-state index contributed by atoms with van der Waals surface area (Å²) < 4.78 is 14.6. The number of ether oxygens (including phenoxy) is 1. The van der Waals surface area contributed by atoms with Gasteiger partial charge in [0.15, 0.2) is 5.76 Å². The van der Waals surface area contributed by atoms with Crippen LogP contribution in [0.1, 0.15) is 21.5 Å². The van der Waals surface area contributed by atoms with Crippen molar-refractivity contribution in [3.63, 3.8) is 0 Å². The van der Waals surface area contributed by atoms with Gasteiger partial charge in [-0.1, -0.05) is 42.5 Å². The summed E-state index contributed by atoms with van der Waals surface area (Å²) in [5.74, 6) is 0.297. The molecule has 0 aliphatic carbocycles. The van der Waals surface area contributed by atoms with Crippen LogP contribution in [-0.2, 0) is 6.61 Å². The lowest BCUT2D eigenvalue weighted by molar-refractivity contribution is 0.0697. The van der Waals surface area contributed by atoms with Crippen molar-refractivity contribution < 1.29 is 19.1 Å². The number of carboxylic acids is 1. The summed E-state index contributed by atoms with van der Waals surface area (Å²) in [4.78, 5) is 29.3. The number of aromatic nitrogens is 2. The lowest BCUT2D eigenvalue weighted by atomic mass is 10.1. The van der Waals surface area contributed by atoms with E-state index in [0.717, 1.165) is 10.9 Å². The Hall–Kier alpha value is -4.54. The Morgan fingerprint density at radius 3 is 2.41 bits per heavy atom. The third-order valence-electron chi connectivity index (χ3n) is 6.33. The lowest BCUT2D eigenvalue weighted by Gasteiger charge is -2.12. The monoisotopic (exact) mass is 671 g/mol. The van der Waals surface area contributed by atoms with Gasteiger partial charge in [-0.2, -0.15) is 9.78 Å². The standard InChI is InChI=1S/C31H19Br2N3O5/c32-23-13-19(14-24(33)28(23)40-17-18-9-11-20(12-10-18)31(38)39)16-34-36-29(27-15-21-5-1-4-8-26(21)41-27)35-25-7-3-2-6-22(25)30(36)37/h1-16H,17H2,(H,38,39). The van der Waals surface area contributed by atoms with Gasteiger partial charge in [0.1, 0.15) is 17.9 Å².